The number of aromatic nitrogens is 2. The molecular formula is C15H16F2N4O2. The Balaban J connectivity index is 1.53. The summed E-state index contributed by atoms with van der Waals surface area (Å²) in [5.74, 6) is -1.64. The number of halogens is 2. The molecule has 1 aromatic carbocycles. The van der Waals surface area contributed by atoms with E-state index in [1.165, 1.54) is 6.07 Å². The molecular weight excluding hydrogens is 306 g/mol. The third-order valence-electron chi connectivity index (χ3n) is 3.59. The summed E-state index contributed by atoms with van der Waals surface area (Å²) in [7, 11) is 0. The Kier molecular flexibility index (Phi) is 4.52. The average molecular weight is 322 g/mol. The zero-order chi connectivity index (χ0) is 16.2. The van der Waals surface area contributed by atoms with Gasteiger partial charge in [-0.2, -0.15) is 5.10 Å². The minimum Gasteiger partial charge on any atom is -0.376 e. The summed E-state index contributed by atoms with van der Waals surface area (Å²) < 4.78 is 34.0. The van der Waals surface area contributed by atoms with E-state index in [1.54, 1.807) is 6.20 Å². The average Bonchev–Trinajstić information content (AvgIpc) is 2.95. The largest absolute Gasteiger partial charge is 0.376 e. The molecule has 3 rings (SSSR count). The number of fused-ring (bicyclic) bond motifs is 1. The van der Waals surface area contributed by atoms with Crippen LogP contribution in [0.1, 0.15) is 11.3 Å². The van der Waals surface area contributed by atoms with Gasteiger partial charge in [0.15, 0.2) is 0 Å². The first-order chi connectivity index (χ1) is 11.1. The van der Waals surface area contributed by atoms with Crippen molar-refractivity contribution >= 4 is 11.7 Å². The molecule has 1 aliphatic rings. The maximum Gasteiger partial charge on any atom is 0.319 e. The van der Waals surface area contributed by atoms with Gasteiger partial charge in [-0.1, -0.05) is 6.07 Å². The number of benzene rings is 1. The number of hydrogen-bond acceptors (Lipinski definition) is 3. The third kappa shape index (κ3) is 3.48. The number of para-hydroxylation sites is 1. The summed E-state index contributed by atoms with van der Waals surface area (Å²) in [5, 5.41) is 8.98. The monoisotopic (exact) mass is 322 g/mol. The molecule has 0 saturated carbocycles. The van der Waals surface area contributed by atoms with E-state index in [4.69, 9.17) is 4.74 Å². The van der Waals surface area contributed by atoms with E-state index in [0.717, 1.165) is 29.8 Å². The summed E-state index contributed by atoms with van der Waals surface area (Å²) in [5.41, 5.74) is 1.69. The SMILES string of the molecule is O=C(NCCn1ncc2c1CCOC2)Nc1c(F)cccc1F. The number of ether oxygens (including phenoxy) is 1. The molecule has 1 aromatic heterocycles. The number of carbonyl (C=O) groups is 1. The van der Waals surface area contributed by atoms with Gasteiger partial charge in [0.2, 0.25) is 0 Å². The number of rotatable bonds is 4. The molecule has 0 bridgehead atoms. The van der Waals surface area contributed by atoms with Crippen molar-refractivity contribution in [2.75, 3.05) is 18.5 Å². The second-order valence-corrected chi connectivity index (χ2v) is 5.12. The van der Waals surface area contributed by atoms with Gasteiger partial charge in [-0.3, -0.25) is 4.68 Å². The van der Waals surface area contributed by atoms with Crippen molar-refractivity contribution in [3.63, 3.8) is 0 Å². The normalized spacial score (nSPS) is 13.5. The Hall–Kier alpha value is -2.48. The van der Waals surface area contributed by atoms with Crippen molar-refractivity contribution in [2.45, 2.75) is 19.6 Å². The highest BCUT2D eigenvalue weighted by Gasteiger charge is 2.15. The molecule has 2 aromatic rings. The molecule has 0 atom stereocenters. The van der Waals surface area contributed by atoms with Crippen molar-refractivity contribution in [3.05, 3.63) is 47.3 Å². The van der Waals surface area contributed by atoms with Crippen LogP contribution in [0.2, 0.25) is 0 Å². The van der Waals surface area contributed by atoms with E-state index in [9.17, 15) is 13.6 Å². The van der Waals surface area contributed by atoms with Gasteiger partial charge >= 0.3 is 6.03 Å². The van der Waals surface area contributed by atoms with E-state index in [-0.39, 0.29) is 6.54 Å². The first kappa shape index (κ1) is 15.4. The van der Waals surface area contributed by atoms with Crippen LogP contribution in [0.25, 0.3) is 0 Å². The Bertz CT molecular complexity index is 697. The third-order valence-corrected chi connectivity index (χ3v) is 3.59. The number of urea groups is 1. The van der Waals surface area contributed by atoms with Crippen LogP contribution in [-0.2, 0) is 24.3 Å². The highest BCUT2D eigenvalue weighted by atomic mass is 19.1. The van der Waals surface area contributed by atoms with Crippen molar-refractivity contribution in [2.24, 2.45) is 0 Å². The molecule has 8 heteroatoms. The lowest BCUT2D eigenvalue weighted by Crippen LogP contribution is -2.32. The topological polar surface area (TPSA) is 68.2 Å². The Morgan fingerprint density at radius 2 is 2.13 bits per heavy atom. The van der Waals surface area contributed by atoms with Crippen LogP contribution >= 0.6 is 0 Å². The van der Waals surface area contributed by atoms with E-state index in [0.29, 0.717) is 19.8 Å². The fourth-order valence-electron chi connectivity index (χ4n) is 2.45. The predicted octanol–water partition coefficient (Wildman–Crippen LogP) is 2.06. The molecule has 0 saturated heterocycles. The molecule has 0 spiro atoms. The molecule has 0 aliphatic carbocycles. The number of anilines is 1. The van der Waals surface area contributed by atoms with E-state index in [1.807, 2.05) is 4.68 Å². The second-order valence-electron chi connectivity index (χ2n) is 5.12. The van der Waals surface area contributed by atoms with Crippen LogP contribution < -0.4 is 10.6 Å². The van der Waals surface area contributed by atoms with E-state index in [2.05, 4.69) is 15.7 Å². The summed E-state index contributed by atoms with van der Waals surface area (Å²) in [6, 6.07) is 2.73. The zero-order valence-corrected chi connectivity index (χ0v) is 12.3. The zero-order valence-electron chi connectivity index (χ0n) is 12.3. The molecule has 0 unspecified atom stereocenters. The van der Waals surface area contributed by atoms with Crippen LogP contribution in [-0.4, -0.2) is 29.0 Å². The molecule has 2 amide bonds. The van der Waals surface area contributed by atoms with Crippen molar-refractivity contribution in [1.29, 1.82) is 0 Å². The van der Waals surface area contributed by atoms with Gasteiger partial charge in [0, 0.05) is 24.2 Å². The lowest BCUT2D eigenvalue weighted by molar-refractivity contribution is 0.109. The molecule has 122 valence electrons. The van der Waals surface area contributed by atoms with Crippen LogP contribution in [0.5, 0.6) is 0 Å². The summed E-state index contributed by atoms with van der Waals surface area (Å²) >= 11 is 0. The molecule has 23 heavy (non-hydrogen) atoms. The number of amides is 2. The lowest BCUT2D eigenvalue weighted by atomic mass is 10.2. The van der Waals surface area contributed by atoms with Crippen molar-refractivity contribution in [1.82, 2.24) is 15.1 Å². The van der Waals surface area contributed by atoms with Gasteiger partial charge in [0.1, 0.15) is 17.3 Å². The quantitative estimate of drug-likeness (QED) is 0.905. The van der Waals surface area contributed by atoms with Gasteiger partial charge in [0.25, 0.3) is 0 Å². The summed E-state index contributed by atoms with van der Waals surface area (Å²) in [4.78, 5) is 11.7. The van der Waals surface area contributed by atoms with E-state index < -0.39 is 23.4 Å². The fourth-order valence-corrected chi connectivity index (χ4v) is 2.45. The second kappa shape index (κ2) is 6.74. The van der Waals surface area contributed by atoms with Crippen molar-refractivity contribution in [3.8, 4) is 0 Å². The number of nitrogens with zero attached hydrogens (tertiary/aromatic N) is 2. The first-order valence-electron chi connectivity index (χ1n) is 7.25. The molecule has 2 N–H and O–H groups in total. The molecule has 0 radical (unpaired) electrons. The van der Waals surface area contributed by atoms with Gasteiger partial charge in [0.05, 0.1) is 26.0 Å². The van der Waals surface area contributed by atoms with Gasteiger partial charge in [-0.05, 0) is 12.1 Å². The van der Waals surface area contributed by atoms with Gasteiger partial charge < -0.3 is 15.4 Å². The standard InChI is InChI=1S/C15H16F2N4O2/c16-11-2-1-3-12(17)14(11)20-15(22)18-5-6-21-13-4-7-23-9-10(13)8-19-21/h1-3,8H,4-7,9H2,(H2,18,20,22). The number of hydrogen-bond donors (Lipinski definition) is 2. The summed E-state index contributed by atoms with van der Waals surface area (Å²) in [6.45, 7) is 1.97. The Morgan fingerprint density at radius 1 is 1.35 bits per heavy atom. The molecule has 1 aliphatic heterocycles. The van der Waals surface area contributed by atoms with Crippen LogP contribution in [0.3, 0.4) is 0 Å². The highest BCUT2D eigenvalue weighted by Crippen LogP contribution is 2.18. The smallest absolute Gasteiger partial charge is 0.319 e. The maximum absolute atomic E-state index is 13.4. The van der Waals surface area contributed by atoms with Gasteiger partial charge in [-0.15, -0.1) is 0 Å². The first-order valence-corrected chi connectivity index (χ1v) is 7.25. The molecule has 0 fully saturated rings. The number of carbonyl (C=O) groups excluding carboxylic acids is 1. The Labute approximate surface area is 131 Å². The van der Waals surface area contributed by atoms with Crippen LogP contribution in [0.4, 0.5) is 19.3 Å². The van der Waals surface area contributed by atoms with Gasteiger partial charge in [-0.25, -0.2) is 13.6 Å². The minimum atomic E-state index is -0.818. The minimum absolute atomic E-state index is 0.289. The predicted molar refractivity (Wildman–Crippen MR) is 79.0 cm³/mol. The van der Waals surface area contributed by atoms with Crippen molar-refractivity contribution < 1.29 is 18.3 Å². The van der Waals surface area contributed by atoms with Crippen LogP contribution in [0.15, 0.2) is 24.4 Å². The lowest BCUT2D eigenvalue weighted by Gasteiger charge is -2.15. The Morgan fingerprint density at radius 3 is 2.91 bits per heavy atom. The van der Waals surface area contributed by atoms with Crippen LogP contribution in [0, 0.1) is 11.6 Å². The molecule has 2 heterocycles. The maximum atomic E-state index is 13.4. The fraction of sp³-hybridized carbons (Fsp3) is 0.333. The summed E-state index contributed by atoms with van der Waals surface area (Å²) in [6.07, 6.45) is 2.53. The molecule has 6 nitrogen and oxygen atoms in total. The van der Waals surface area contributed by atoms with E-state index >= 15 is 0 Å². The number of nitrogens with one attached hydrogen (secondary N) is 2. The highest BCUT2D eigenvalue weighted by molar-refractivity contribution is 5.89.